The van der Waals surface area contributed by atoms with Gasteiger partial charge in [0.1, 0.15) is 17.6 Å². The number of benzene rings is 3. The van der Waals surface area contributed by atoms with Gasteiger partial charge in [0.05, 0.1) is 16.6 Å². The number of fused-ring (bicyclic) bond motifs is 2. The maximum absolute atomic E-state index is 14.0. The van der Waals surface area contributed by atoms with E-state index in [-0.39, 0.29) is 23.3 Å². The summed E-state index contributed by atoms with van der Waals surface area (Å²) in [6, 6.07) is 20.1. The first-order valence-corrected chi connectivity index (χ1v) is 15.2. The third-order valence-corrected chi connectivity index (χ3v) is 10.2. The zero-order chi connectivity index (χ0) is 26.6. The minimum Gasteiger partial charge on any atom is -0.489 e. The van der Waals surface area contributed by atoms with Crippen LogP contribution in [0.25, 0.3) is 0 Å². The summed E-state index contributed by atoms with van der Waals surface area (Å²) in [6.07, 6.45) is 0. The fourth-order valence-electron chi connectivity index (χ4n) is 4.83. The zero-order valence-electron chi connectivity index (χ0n) is 19.3. The number of carbonyl (C=O) groups is 2. The number of H-pyrrole nitrogens is 1. The Kier molecular flexibility index (Phi) is 7.02. The number of anilines is 1. The van der Waals surface area contributed by atoms with Crippen molar-refractivity contribution in [3.63, 3.8) is 0 Å². The van der Waals surface area contributed by atoms with Gasteiger partial charge in [-0.25, -0.2) is 4.90 Å². The fourth-order valence-corrected chi connectivity index (χ4v) is 8.11. The molecule has 0 radical (unpaired) electrons. The van der Waals surface area contributed by atoms with Crippen LogP contribution in [0.4, 0.5) is 5.69 Å². The number of carbonyl (C=O) groups excluding carboxylic acids is 2. The molecule has 3 atom stereocenters. The van der Waals surface area contributed by atoms with Crippen molar-refractivity contribution in [2.45, 2.75) is 22.8 Å². The molecule has 1 aromatic heterocycles. The van der Waals surface area contributed by atoms with Gasteiger partial charge in [0.25, 0.3) is 0 Å². The number of thiazole rings is 1. The Labute approximate surface area is 247 Å². The van der Waals surface area contributed by atoms with Gasteiger partial charge in [-0.3, -0.25) is 14.4 Å². The van der Waals surface area contributed by atoms with Crippen molar-refractivity contribution in [3.8, 4) is 5.75 Å². The molecule has 2 aliphatic heterocycles. The lowest BCUT2D eigenvalue weighted by atomic mass is 9.82. The van der Waals surface area contributed by atoms with Crippen molar-refractivity contribution in [2.75, 3.05) is 4.90 Å². The van der Waals surface area contributed by atoms with E-state index in [1.165, 1.54) is 16.7 Å². The number of aromatic amines is 1. The summed E-state index contributed by atoms with van der Waals surface area (Å²) in [5, 5.41) is 0.573. The fraction of sp³-hybridized carbons (Fsp3) is 0.148. The lowest BCUT2D eigenvalue weighted by Crippen LogP contribution is -2.32. The van der Waals surface area contributed by atoms with E-state index in [2.05, 4.69) is 36.8 Å². The van der Waals surface area contributed by atoms with Crippen LogP contribution in [0, 0.1) is 5.92 Å². The van der Waals surface area contributed by atoms with Crippen LogP contribution in [0.5, 0.6) is 5.75 Å². The van der Waals surface area contributed by atoms with Crippen molar-refractivity contribution in [3.05, 3.63) is 106 Å². The Hall–Kier alpha value is -2.37. The number of hydrogen-bond acceptors (Lipinski definition) is 6. The van der Waals surface area contributed by atoms with Crippen LogP contribution in [0.1, 0.15) is 21.9 Å². The van der Waals surface area contributed by atoms with Crippen molar-refractivity contribution in [1.29, 1.82) is 0 Å². The first-order valence-electron chi connectivity index (χ1n) is 11.5. The Bertz CT molecular complexity index is 1620. The predicted octanol–water partition coefficient (Wildman–Crippen LogP) is 6.99. The van der Waals surface area contributed by atoms with E-state index >= 15 is 0 Å². The number of nitrogens with one attached hydrogen (secondary N) is 1. The Balaban J connectivity index is 1.44. The van der Waals surface area contributed by atoms with Crippen LogP contribution >= 0.6 is 66.6 Å². The van der Waals surface area contributed by atoms with Gasteiger partial charge in [-0.05, 0) is 60.2 Å². The second kappa shape index (κ2) is 10.3. The number of rotatable bonds is 5. The smallest absolute Gasteiger partial charge is 0.305 e. The number of hydrogen-bond donors (Lipinski definition) is 1. The molecule has 0 bridgehead atoms. The molecule has 192 valence electrons. The normalized spacial score (nSPS) is 20.4. The molecule has 2 aliphatic rings. The van der Waals surface area contributed by atoms with Crippen molar-refractivity contribution >= 4 is 84.1 Å². The largest absolute Gasteiger partial charge is 0.489 e. The summed E-state index contributed by atoms with van der Waals surface area (Å²) in [7, 11) is 0. The topological polar surface area (TPSA) is 79.5 Å². The van der Waals surface area contributed by atoms with Crippen molar-refractivity contribution in [2.24, 2.45) is 5.92 Å². The summed E-state index contributed by atoms with van der Waals surface area (Å²) in [4.78, 5) is 44.7. The summed E-state index contributed by atoms with van der Waals surface area (Å²) in [5.41, 5.74) is 2.18. The Morgan fingerprint density at radius 1 is 0.921 bits per heavy atom. The molecule has 1 N–H and O–H groups in total. The summed E-state index contributed by atoms with van der Waals surface area (Å²) in [5.74, 6) is -1.27. The van der Waals surface area contributed by atoms with Crippen LogP contribution in [0.2, 0.25) is 5.02 Å². The van der Waals surface area contributed by atoms with Gasteiger partial charge in [-0.15, -0.1) is 0 Å². The molecular formula is C27H17Br2ClN2O4S2. The van der Waals surface area contributed by atoms with E-state index in [1.807, 2.05) is 30.3 Å². The molecular weight excluding hydrogens is 676 g/mol. The van der Waals surface area contributed by atoms with Crippen LogP contribution < -0.4 is 14.5 Å². The van der Waals surface area contributed by atoms with E-state index in [0.717, 1.165) is 36.3 Å². The van der Waals surface area contributed by atoms with Crippen molar-refractivity contribution in [1.82, 2.24) is 4.98 Å². The first-order chi connectivity index (χ1) is 18.3. The van der Waals surface area contributed by atoms with Gasteiger partial charge in [-0.1, -0.05) is 78.7 Å². The maximum Gasteiger partial charge on any atom is 0.305 e. The molecule has 3 aromatic carbocycles. The predicted molar refractivity (Wildman–Crippen MR) is 156 cm³/mol. The summed E-state index contributed by atoms with van der Waals surface area (Å²) < 4.78 is 7.91. The molecule has 1 saturated heterocycles. The zero-order valence-corrected chi connectivity index (χ0v) is 24.9. The molecule has 38 heavy (non-hydrogen) atoms. The van der Waals surface area contributed by atoms with Gasteiger partial charge < -0.3 is 9.72 Å². The molecule has 11 heteroatoms. The van der Waals surface area contributed by atoms with E-state index in [9.17, 15) is 14.4 Å². The second-order valence-corrected chi connectivity index (χ2v) is 13.3. The average molecular weight is 693 g/mol. The highest BCUT2D eigenvalue weighted by atomic mass is 79.9. The van der Waals surface area contributed by atoms with E-state index in [4.69, 9.17) is 16.3 Å². The third-order valence-electron chi connectivity index (χ3n) is 6.52. The van der Waals surface area contributed by atoms with Gasteiger partial charge in [0.15, 0.2) is 0 Å². The monoisotopic (exact) mass is 690 g/mol. The number of amides is 2. The van der Waals surface area contributed by atoms with Gasteiger partial charge >= 0.3 is 4.87 Å². The molecule has 4 aromatic rings. The van der Waals surface area contributed by atoms with E-state index in [0.29, 0.717) is 21.5 Å². The number of aromatic nitrogens is 1. The van der Waals surface area contributed by atoms with E-state index in [1.54, 1.807) is 36.4 Å². The minimum atomic E-state index is -0.706. The number of halogens is 3. The molecule has 1 fully saturated rings. The maximum atomic E-state index is 14.0. The average Bonchev–Trinajstić information content (AvgIpc) is 3.39. The second-order valence-electron chi connectivity index (χ2n) is 8.84. The van der Waals surface area contributed by atoms with Gasteiger partial charge in [0, 0.05) is 30.3 Å². The molecule has 2 unspecified atom stereocenters. The summed E-state index contributed by atoms with van der Waals surface area (Å²) in [6.45, 7) is 0.287. The molecule has 3 heterocycles. The Morgan fingerprint density at radius 3 is 2.37 bits per heavy atom. The van der Waals surface area contributed by atoms with Crippen LogP contribution in [0.3, 0.4) is 0 Å². The van der Waals surface area contributed by atoms with Crippen LogP contribution in [-0.2, 0) is 16.2 Å². The minimum absolute atomic E-state index is 0.226. The van der Waals surface area contributed by atoms with Crippen LogP contribution in [-0.4, -0.2) is 22.0 Å². The highest BCUT2D eigenvalue weighted by molar-refractivity contribution is 9.10. The SMILES string of the molecule is O=C1C2Sc3[nH]c(=O)sc3[C@H](c3cc(Br)ccc3OCc3ccc(Cl)cc3)C2C(=O)N1c1ccc(Br)cc1. The highest BCUT2D eigenvalue weighted by Gasteiger charge is 2.56. The highest BCUT2D eigenvalue weighted by Crippen LogP contribution is 2.54. The van der Waals surface area contributed by atoms with Crippen LogP contribution in [0.15, 0.2) is 85.5 Å². The number of imide groups is 1. The van der Waals surface area contributed by atoms with E-state index < -0.39 is 17.1 Å². The number of ether oxygens (including phenoxy) is 1. The molecule has 6 nitrogen and oxygen atoms in total. The van der Waals surface area contributed by atoms with Gasteiger partial charge in [-0.2, -0.15) is 0 Å². The number of nitrogens with zero attached hydrogens (tertiary/aromatic N) is 1. The molecule has 0 spiro atoms. The molecule has 6 rings (SSSR count). The quantitative estimate of drug-likeness (QED) is 0.228. The lowest BCUT2D eigenvalue weighted by Gasteiger charge is -2.31. The third kappa shape index (κ3) is 4.66. The summed E-state index contributed by atoms with van der Waals surface area (Å²) >= 11 is 15.3. The number of thioether (sulfide) groups is 1. The lowest BCUT2D eigenvalue weighted by molar-refractivity contribution is -0.122. The molecule has 2 amide bonds. The van der Waals surface area contributed by atoms with Crippen molar-refractivity contribution < 1.29 is 14.3 Å². The van der Waals surface area contributed by atoms with Gasteiger partial charge in [0.2, 0.25) is 11.8 Å². The standard InChI is InChI=1S/C27H17Br2ClN2O4S2/c28-14-3-8-17(9-4-14)32-25(33)21-20(22-24(31-27(35)38-22)37-23(21)26(32)34)18-11-15(29)5-10-19(18)36-12-13-1-6-16(30)7-2-13/h1-11,20-21,23H,12H2,(H,31,35)/t20-,21?,23?/m1/s1. The molecule has 0 aliphatic carbocycles. The first kappa shape index (κ1) is 25.9. The Morgan fingerprint density at radius 2 is 1.63 bits per heavy atom. The molecule has 0 saturated carbocycles.